The van der Waals surface area contributed by atoms with E-state index in [1.807, 2.05) is 55.5 Å². The minimum absolute atomic E-state index is 0.0373. The molecule has 0 radical (unpaired) electrons. The average Bonchev–Trinajstić information content (AvgIpc) is 3.42. The zero-order valence-corrected chi connectivity index (χ0v) is 14.7. The molecule has 3 rings (SSSR count). The van der Waals surface area contributed by atoms with Crippen LogP contribution in [0.3, 0.4) is 0 Å². The van der Waals surface area contributed by atoms with E-state index in [-0.39, 0.29) is 23.7 Å². The normalized spacial score (nSPS) is 18.5. The highest BCUT2D eigenvalue weighted by Gasteiger charge is 2.47. The van der Waals surface area contributed by atoms with Gasteiger partial charge in [-0.25, -0.2) is 0 Å². The molecule has 1 saturated carbocycles. The van der Waals surface area contributed by atoms with Gasteiger partial charge in [0.05, 0.1) is 11.8 Å². The van der Waals surface area contributed by atoms with Crippen LogP contribution in [0.25, 0.3) is 0 Å². The van der Waals surface area contributed by atoms with Crippen molar-refractivity contribution in [1.82, 2.24) is 5.32 Å². The fourth-order valence-electron chi connectivity index (χ4n) is 2.96. The Morgan fingerprint density at radius 2 is 1.68 bits per heavy atom. The van der Waals surface area contributed by atoms with E-state index >= 15 is 0 Å². The third kappa shape index (κ3) is 4.27. The molecule has 0 bridgehead atoms. The lowest BCUT2D eigenvalue weighted by molar-refractivity contribution is -0.125. The van der Waals surface area contributed by atoms with E-state index in [0.29, 0.717) is 13.0 Å². The summed E-state index contributed by atoms with van der Waals surface area (Å²) >= 11 is 0. The van der Waals surface area contributed by atoms with Gasteiger partial charge in [-0.05, 0) is 48.6 Å². The van der Waals surface area contributed by atoms with Gasteiger partial charge in [0.15, 0.2) is 0 Å². The quantitative estimate of drug-likeness (QED) is 0.849. The molecule has 4 heteroatoms. The van der Waals surface area contributed by atoms with Gasteiger partial charge >= 0.3 is 0 Å². The van der Waals surface area contributed by atoms with Crippen molar-refractivity contribution in [3.63, 3.8) is 0 Å². The van der Waals surface area contributed by atoms with E-state index < -0.39 is 0 Å². The molecule has 25 heavy (non-hydrogen) atoms. The maximum absolute atomic E-state index is 12.3. The van der Waals surface area contributed by atoms with E-state index in [1.54, 1.807) is 0 Å². The first-order valence-corrected chi connectivity index (χ1v) is 8.80. The fourth-order valence-corrected chi connectivity index (χ4v) is 2.96. The average molecular weight is 336 g/mol. The third-order valence-corrected chi connectivity index (χ3v) is 4.81. The molecule has 2 aromatic rings. The number of hydrogen-bond donors (Lipinski definition) is 2. The standard InChI is InChI=1S/C21H24N2O2/c1-3-15-8-10-17(11-9-15)23-21(25)19-12-18(19)20(24)22-13-16-7-5-4-6-14(16)2/h4-11,18-19H,3,12-13H2,1-2H3,(H,22,24)(H,23,25). The molecule has 1 aliphatic carbocycles. The first kappa shape index (κ1) is 17.2. The predicted octanol–water partition coefficient (Wildman–Crippen LogP) is 3.45. The van der Waals surface area contributed by atoms with Crippen LogP contribution >= 0.6 is 0 Å². The number of anilines is 1. The van der Waals surface area contributed by atoms with Crippen molar-refractivity contribution in [3.8, 4) is 0 Å². The molecule has 0 spiro atoms. The Hall–Kier alpha value is -2.62. The Kier molecular flexibility index (Phi) is 5.17. The molecule has 1 fully saturated rings. The molecule has 2 aromatic carbocycles. The summed E-state index contributed by atoms with van der Waals surface area (Å²) < 4.78 is 0. The van der Waals surface area contributed by atoms with Gasteiger partial charge in [0.25, 0.3) is 0 Å². The Bertz CT molecular complexity index is 768. The zero-order valence-electron chi connectivity index (χ0n) is 14.7. The van der Waals surface area contributed by atoms with Gasteiger partial charge in [-0.15, -0.1) is 0 Å². The molecule has 130 valence electrons. The van der Waals surface area contributed by atoms with Crippen LogP contribution in [0.15, 0.2) is 48.5 Å². The molecular weight excluding hydrogens is 312 g/mol. The van der Waals surface area contributed by atoms with Gasteiger partial charge in [0.1, 0.15) is 0 Å². The second-order valence-corrected chi connectivity index (χ2v) is 6.63. The fraction of sp³-hybridized carbons (Fsp3) is 0.333. The van der Waals surface area contributed by atoms with E-state index in [9.17, 15) is 9.59 Å². The van der Waals surface area contributed by atoms with E-state index in [1.165, 1.54) is 5.56 Å². The number of aryl methyl sites for hydroxylation is 2. The van der Waals surface area contributed by atoms with Crippen molar-refractivity contribution in [1.29, 1.82) is 0 Å². The second kappa shape index (κ2) is 7.51. The van der Waals surface area contributed by atoms with Crippen LogP contribution < -0.4 is 10.6 Å². The Labute approximate surface area is 148 Å². The van der Waals surface area contributed by atoms with Gasteiger partial charge in [-0.2, -0.15) is 0 Å². The number of nitrogens with one attached hydrogen (secondary N) is 2. The number of carbonyl (C=O) groups is 2. The lowest BCUT2D eigenvalue weighted by Gasteiger charge is -2.08. The van der Waals surface area contributed by atoms with Crippen LogP contribution in [0.1, 0.15) is 30.0 Å². The van der Waals surface area contributed by atoms with E-state index in [4.69, 9.17) is 0 Å². The summed E-state index contributed by atoms with van der Waals surface area (Å²) in [5.74, 6) is -0.535. The molecule has 4 nitrogen and oxygen atoms in total. The van der Waals surface area contributed by atoms with Crippen LogP contribution in [0, 0.1) is 18.8 Å². The van der Waals surface area contributed by atoms with Gasteiger partial charge < -0.3 is 10.6 Å². The third-order valence-electron chi connectivity index (χ3n) is 4.81. The monoisotopic (exact) mass is 336 g/mol. The van der Waals surface area contributed by atoms with Crippen molar-refractivity contribution in [2.75, 3.05) is 5.32 Å². The SMILES string of the molecule is CCc1ccc(NC(=O)C2CC2C(=O)NCc2ccccc2C)cc1. The van der Waals surface area contributed by atoms with Crippen molar-refractivity contribution in [3.05, 3.63) is 65.2 Å². The van der Waals surface area contributed by atoms with Crippen LogP contribution in [0.4, 0.5) is 5.69 Å². The zero-order chi connectivity index (χ0) is 17.8. The molecule has 1 aliphatic rings. The maximum Gasteiger partial charge on any atom is 0.228 e. The van der Waals surface area contributed by atoms with Crippen LogP contribution in [-0.4, -0.2) is 11.8 Å². The summed E-state index contributed by atoms with van der Waals surface area (Å²) in [6, 6.07) is 15.8. The Morgan fingerprint density at radius 1 is 1.00 bits per heavy atom. The summed E-state index contributed by atoms with van der Waals surface area (Å²) in [6.07, 6.45) is 1.60. The van der Waals surface area contributed by atoms with Gasteiger partial charge in [0.2, 0.25) is 11.8 Å². The van der Waals surface area contributed by atoms with Crippen LogP contribution in [0.2, 0.25) is 0 Å². The largest absolute Gasteiger partial charge is 0.352 e. The molecule has 0 heterocycles. The minimum atomic E-state index is -0.220. The first-order valence-electron chi connectivity index (χ1n) is 8.80. The molecule has 2 amide bonds. The number of carbonyl (C=O) groups excluding carboxylic acids is 2. The summed E-state index contributed by atoms with van der Waals surface area (Å²) in [6.45, 7) is 4.63. The molecular formula is C21H24N2O2. The minimum Gasteiger partial charge on any atom is -0.352 e. The highest BCUT2D eigenvalue weighted by Crippen LogP contribution is 2.39. The maximum atomic E-state index is 12.3. The predicted molar refractivity (Wildman–Crippen MR) is 99.1 cm³/mol. The molecule has 2 atom stereocenters. The summed E-state index contributed by atoms with van der Waals surface area (Å²) in [7, 11) is 0. The highest BCUT2D eigenvalue weighted by molar-refractivity contribution is 5.99. The summed E-state index contributed by atoms with van der Waals surface area (Å²) in [5.41, 5.74) is 4.28. The summed E-state index contributed by atoms with van der Waals surface area (Å²) in [5, 5.41) is 5.85. The lowest BCUT2D eigenvalue weighted by atomic mass is 10.1. The van der Waals surface area contributed by atoms with Crippen molar-refractivity contribution in [2.45, 2.75) is 33.2 Å². The molecule has 0 aromatic heterocycles. The van der Waals surface area contributed by atoms with Gasteiger partial charge in [-0.1, -0.05) is 43.3 Å². The summed E-state index contributed by atoms with van der Waals surface area (Å²) in [4.78, 5) is 24.5. The van der Waals surface area contributed by atoms with Crippen molar-refractivity contribution in [2.24, 2.45) is 11.8 Å². The molecule has 0 saturated heterocycles. The number of amides is 2. The van der Waals surface area contributed by atoms with E-state index in [2.05, 4.69) is 17.6 Å². The topological polar surface area (TPSA) is 58.2 Å². The molecule has 2 unspecified atom stereocenters. The van der Waals surface area contributed by atoms with Crippen LogP contribution in [0.5, 0.6) is 0 Å². The Morgan fingerprint density at radius 3 is 2.36 bits per heavy atom. The first-order chi connectivity index (χ1) is 12.1. The molecule has 0 aliphatic heterocycles. The van der Waals surface area contributed by atoms with Gasteiger partial charge in [0, 0.05) is 12.2 Å². The van der Waals surface area contributed by atoms with Crippen molar-refractivity contribution >= 4 is 17.5 Å². The van der Waals surface area contributed by atoms with Crippen LogP contribution in [-0.2, 0) is 22.6 Å². The van der Waals surface area contributed by atoms with Gasteiger partial charge in [-0.3, -0.25) is 9.59 Å². The smallest absolute Gasteiger partial charge is 0.228 e. The van der Waals surface area contributed by atoms with E-state index in [0.717, 1.165) is 23.2 Å². The molecule has 2 N–H and O–H groups in total. The number of hydrogen-bond acceptors (Lipinski definition) is 2. The second-order valence-electron chi connectivity index (χ2n) is 6.63. The lowest BCUT2D eigenvalue weighted by Crippen LogP contribution is -2.27. The Balaban J connectivity index is 1.48. The highest BCUT2D eigenvalue weighted by atomic mass is 16.2. The number of rotatable bonds is 6. The van der Waals surface area contributed by atoms with Crippen molar-refractivity contribution < 1.29 is 9.59 Å². The number of benzene rings is 2.